The van der Waals surface area contributed by atoms with Crippen molar-refractivity contribution in [3.05, 3.63) is 47.5 Å². The standard InChI is InChI=1S/C21H26/c1-4-16-11-13-21(3)19-10-9-15-7-5-6-8-17(15)18(19)12-14-20(16,21)2/h5-10,16H,4,11-14H2,1-3H3/t16-,20-,21+/m1/s1. The number of hydrogen-bond donors (Lipinski definition) is 0. The Hall–Kier alpha value is -1.30. The van der Waals surface area contributed by atoms with Gasteiger partial charge in [-0.3, -0.25) is 0 Å². The van der Waals surface area contributed by atoms with Crippen LogP contribution in [0.25, 0.3) is 10.8 Å². The first-order valence-corrected chi connectivity index (χ1v) is 8.61. The number of fused-ring (bicyclic) bond motifs is 5. The van der Waals surface area contributed by atoms with Gasteiger partial charge in [0, 0.05) is 0 Å². The summed E-state index contributed by atoms with van der Waals surface area (Å²) in [5.74, 6) is 0.905. The molecule has 0 heterocycles. The summed E-state index contributed by atoms with van der Waals surface area (Å²) in [6.45, 7) is 7.51. The van der Waals surface area contributed by atoms with Gasteiger partial charge in [0.1, 0.15) is 0 Å². The molecule has 110 valence electrons. The molecule has 0 unspecified atom stereocenters. The molecule has 0 saturated heterocycles. The van der Waals surface area contributed by atoms with E-state index in [1.807, 2.05) is 0 Å². The molecule has 0 bridgehead atoms. The molecule has 1 saturated carbocycles. The van der Waals surface area contributed by atoms with Crippen LogP contribution in [0.3, 0.4) is 0 Å². The summed E-state index contributed by atoms with van der Waals surface area (Å²) in [6, 6.07) is 13.7. The second-order valence-electron chi connectivity index (χ2n) is 7.71. The van der Waals surface area contributed by atoms with Gasteiger partial charge in [0.25, 0.3) is 0 Å². The van der Waals surface area contributed by atoms with Crippen molar-refractivity contribution in [2.24, 2.45) is 11.3 Å². The molecule has 1 fully saturated rings. The third kappa shape index (κ3) is 1.57. The molecule has 0 amide bonds. The zero-order chi connectivity index (χ0) is 14.7. The fraction of sp³-hybridized carbons (Fsp3) is 0.524. The van der Waals surface area contributed by atoms with Crippen LogP contribution in [0.15, 0.2) is 36.4 Å². The molecule has 3 atom stereocenters. The lowest BCUT2D eigenvalue weighted by molar-refractivity contribution is 0.105. The summed E-state index contributed by atoms with van der Waals surface area (Å²) in [5, 5.41) is 2.91. The van der Waals surface area contributed by atoms with Crippen molar-refractivity contribution < 1.29 is 0 Å². The SMILES string of the molecule is CC[C@@H]1CC[C@@]2(C)c3ccc4ccccc4c3CC[C@]12C. The van der Waals surface area contributed by atoms with Crippen LogP contribution in [-0.2, 0) is 11.8 Å². The molecular weight excluding hydrogens is 252 g/mol. The van der Waals surface area contributed by atoms with Crippen LogP contribution in [0.2, 0.25) is 0 Å². The van der Waals surface area contributed by atoms with Gasteiger partial charge in [-0.15, -0.1) is 0 Å². The van der Waals surface area contributed by atoms with E-state index in [4.69, 9.17) is 0 Å². The third-order valence-electron chi connectivity index (χ3n) is 7.18. The number of aryl methyl sites for hydroxylation is 1. The number of benzene rings is 2. The summed E-state index contributed by atoms with van der Waals surface area (Å²) in [4.78, 5) is 0. The van der Waals surface area contributed by atoms with Crippen molar-refractivity contribution in [2.75, 3.05) is 0 Å². The maximum atomic E-state index is 2.58. The summed E-state index contributed by atoms with van der Waals surface area (Å²) in [6.07, 6.45) is 6.75. The first-order valence-electron chi connectivity index (χ1n) is 8.61. The molecule has 4 rings (SSSR count). The van der Waals surface area contributed by atoms with E-state index < -0.39 is 0 Å². The van der Waals surface area contributed by atoms with Crippen molar-refractivity contribution in [2.45, 2.75) is 58.3 Å². The molecular formula is C21H26. The summed E-state index contributed by atoms with van der Waals surface area (Å²) >= 11 is 0. The Bertz CT molecular complexity index is 698. The molecule has 0 aromatic heterocycles. The first-order chi connectivity index (χ1) is 10.1. The average molecular weight is 278 g/mol. The minimum absolute atomic E-state index is 0.380. The second kappa shape index (κ2) is 4.35. The van der Waals surface area contributed by atoms with Crippen molar-refractivity contribution >= 4 is 10.8 Å². The monoisotopic (exact) mass is 278 g/mol. The largest absolute Gasteiger partial charge is 0.0651 e. The Morgan fingerprint density at radius 3 is 2.67 bits per heavy atom. The van der Waals surface area contributed by atoms with Crippen molar-refractivity contribution in [3.63, 3.8) is 0 Å². The van der Waals surface area contributed by atoms with Gasteiger partial charge in [-0.2, -0.15) is 0 Å². The van der Waals surface area contributed by atoms with E-state index in [0.717, 1.165) is 5.92 Å². The summed E-state index contributed by atoms with van der Waals surface area (Å²) in [7, 11) is 0. The summed E-state index contributed by atoms with van der Waals surface area (Å²) in [5.41, 5.74) is 4.18. The molecule has 0 aliphatic heterocycles. The number of hydrogen-bond acceptors (Lipinski definition) is 0. The predicted octanol–water partition coefficient (Wildman–Crippen LogP) is 5.87. The second-order valence-corrected chi connectivity index (χ2v) is 7.71. The minimum Gasteiger partial charge on any atom is -0.0651 e. The van der Waals surface area contributed by atoms with Crippen LogP contribution < -0.4 is 0 Å². The molecule has 2 aliphatic rings. The molecule has 0 spiro atoms. The van der Waals surface area contributed by atoms with Crippen LogP contribution in [0.1, 0.15) is 57.6 Å². The van der Waals surface area contributed by atoms with Crippen molar-refractivity contribution in [1.82, 2.24) is 0 Å². The van der Waals surface area contributed by atoms with E-state index >= 15 is 0 Å². The van der Waals surface area contributed by atoms with E-state index in [1.54, 1.807) is 11.1 Å². The molecule has 0 N–H and O–H groups in total. The Kier molecular flexibility index (Phi) is 2.77. The van der Waals surface area contributed by atoms with Crippen LogP contribution in [0.5, 0.6) is 0 Å². The molecule has 0 radical (unpaired) electrons. The predicted molar refractivity (Wildman–Crippen MR) is 90.7 cm³/mol. The van der Waals surface area contributed by atoms with Crippen LogP contribution in [0, 0.1) is 11.3 Å². The number of rotatable bonds is 1. The molecule has 2 aliphatic carbocycles. The highest BCUT2D eigenvalue weighted by Gasteiger charge is 2.56. The van der Waals surface area contributed by atoms with E-state index in [1.165, 1.54) is 42.9 Å². The van der Waals surface area contributed by atoms with Crippen LogP contribution in [-0.4, -0.2) is 0 Å². The van der Waals surface area contributed by atoms with Gasteiger partial charge in [0.15, 0.2) is 0 Å². The smallest absolute Gasteiger partial charge is 0.00157 e. The van der Waals surface area contributed by atoms with Gasteiger partial charge in [-0.05, 0) is 64.3 Å². The van der Waals surface area contributed by atoms with Gasteiger partial charge in [-0.1, -0.05) is 63.6 Å². The lowest BCUT2D eigenvalue weighted by Gasteiger charge is -2.49. The quantitative estimate of drug-likeness (QED) is 0.612. The molecule has 21 heavy (non-hydrogen) atoms. The Morgan fingerprint density at radius 2 is 1.86 bits per heavy atom. The molecule has 2 aromatic carbocycles. The first kappa shape index (κ1) is 13.4. The van der Waals surface area contributed by atoms with Gasteiger partial charge >= 0.3 is 0 Å². The fourth-order valence-electron chi connectivity index (χ4n) is 5.60. The molecule has 0 heteroatoms. The molecule has 2 aromatic rings. The van der Waals surface area contributed by atoms with E-state index in [-0.39, 0.29) is 0 Å². The van der Waals surface area contributed by atoms with Crippen molar-refractivity contribution in [3.8, 4) is 0 Å². The maximum Gasteiger partial charge on any atom is -0.00157 e. The highest BCUT2D eigenvalue weighted by Crippen LogP contribution is 2.63. The highest BCUT2D eigenvalue weighted by atomic mass is 14.6. The van der Waals surface area contributed by atoms with Gasteiger partial charge in [0.05, 0.1) is 0 Å². The maximum absolute atomic E-state index is 2.58. The Labute approximate surface area is 128 Å². The van der Waals surface area contributed by atoms with Gasteiger partial charge in [-0.25, -0.2) is 0 Å². The van der Waals surface area contributed by atoms with E-state index in [2.05, 4.69) is 57.2 Å². The van der Waals surface area contributed by atoms with Gasteiger partial charge < -0.3 is 0 Å². The van der Waals surface area contributed by atoms with Crippen molar-refractivity contribution in [1.29, 1.82) is 0 Å². The fourth-order valence-corrected chi connectivity index (χ4v) is 5.60. The Morgan fingerprint density at radius 1 is 1.05 bits per heavy atom. The zero-order valence-electron chi connectivity index (χ0n) is 13.6. The minimum atomic E-state index is 0.380. The Balaban J connectivity index is 1.96. The summed E-state index contributed by atoms with van der Waals surface area (Å²) < 4.78 is 0. The van der Waals surface area contributed by atoms with E-state index in [0.29, 0.717) is 10.8 Å². The van der Waals surface area contributed by atoms with Crippen LogP contribution in [0.4, 0.5) is 0 Å². The normalized spacial score (nSPS) is 34.7. The average Bonchev–Trinajstić information content (AvgIpc) is 2.78. The zero-order valence-corrected chi connectivity index (χ0v) is 13.6. The van der Waals surface area contributed by atoms with Gasteiger partial charge in [0.2, 0.25) is 0 Å². The van der Waals surface area contributed by atoms with E-state index in [9.17, 15) is 0 Å². The van der Waals surface area contributed by atoms with Crippen LogP contribution >= 0.6 is 0 Å². The lowest BCUT2D eigenvalue weighted by Crippen LogP contribution is -2.44. The topological polar surface area (TPSA) is 0 Å². The lowest BCUT2D eigenvalue weighted by atomic mass is 9.54. The third-order valence-corrected chi connectivity index (χ3v) is 7.18. The molecule has 0 nitrogen and oxygen atoms in total. The highest BCUT2D eigenvalue weighted by molar-refractivity contribution is 5.87.